The smallest absolute Gasteiger partial charge is 0.115 e. The van der Waals surface area contributed by atoms with Crippen LogP contribution in [0.3, 0.4) is 0 Å². The van der Waals surface area contributed by atoms with Crippen LogP contribution in [0.15, 0.2) is 46.9 Å². The predicted octanol–water partition coefficient (Wildman–Crippen LogP) is 5.03. The SMILES string of the molecule is CCC(Nc1cc(Br)ccc1C)c1ccc(O)cc1. The summed E-state index contributed by atoms with van der Waals surface area (Å²) in [7, 11) is 0. The number of rotatable bonds is 4. The molecule has 2 aromatic carbocycles. The van der Waals surface area contributed by atoms with Crippen LogP contribution in [0.5, 0.6) is 5.75 Å². The second-order valence-corrected chi connectivity index (χ2v) is 5.57. The van der Waals surface area contributed by atoms with Gasteiger partial charge in [-0.25, -0.2) is 0 Å². The lowest BCUT2D eigenvalue weighted by molar-refractivity contribution is 0.475. The van der Waals surface area contributed by atoms with Crippen molar-refractivity contribution in [2.45, 2.75) is 26.3 Å². The average Bonchev–Trinajstić information content (AvgIpc) is 2.41. The summed E-state index contributed by atoms with van der Waals surface area (Å²) in [6.45, 7) is 4.25. The Morgan fingerprint density at radius 3 is 2.47 bits per heavy atom. The molecular formula is C16H18BrNO. The van der Waals surface area contributed by atoms with Crippen molar-refractivity contribution in [1.82, 2.24) is 0 Å². The molecule has 1 atom stereocenters. The molecule has 2 nitrogen and oxygen atoms in total. The van der Waals surface area contributed by atoms with Crippen molar-refractivity contribution in [3.8, 4) is 5.75 Å². The molecule has 0 saturated carbocycles. The first-order valence-corrected chi connectivity index (χ1v) is 7.21. The van der Waals surface area contributed by atoms with E-state index in [9.17, 15) is 5.11 Å². The normalized spacial score (nSPS) is 12.2. The van der Waals surface area contributed by atoms with E-state index < -0.39 is 0 Å². The largest absolute Gasteiger partial charge is 0.508 e. The number of benzene rings is 2. The van der Waals surface area contributed by atoms with Crippen LogP contribution in [-0.2, 0) is 0 Å². The van der Waals surface area contributed by atoms with Gasteiger partial charge in [0.1, 0.15) is 5.75 Å². The lowest BCUT2D eigenvalue weighted by Gasteiger charge is -2.20. The summed E-state index contributed by atoms with van der Waals surface area (Å²) in [6, 6.07) is 13.9. The van der Waals surface area contributed by atoms with E-state index in [1.165, 1.54) is 11.1 Å². The Kier molecular flexibility index (Phi) is 4.48. The molecule has 0 radical (unpaired) electrons. The number of phenolic OH excluding ortho intramolecular Hbond substituents is 1. The Hall–Kier alpha value is -1.48. The second kappa shape index (κ2) is 6.11. The summed E-state index contributed by atoms with van der Waals surface area (Å²) in [5.74, 6) is 0.303. The molecule has 0 fully saturated rings. The van der Waals surface area contributed by atoms with Gasteiger partial charge in [0.25, 0.3) is 0 Å². The molecule has 100 valence electrons. The molecule has 0 amide bonds. The maximum atomic E-state index is 9.35. The van der Waals surface area contributed by atoms with Crippen LogP contribution >= 0.6 is 15.9 Å². The molecule has 2 N–H and O–H groups in total. The van der Waals surface area contributed by atoms with Crippen LogP contribution < -0.4 is 5.32 Å². The third-order valence-electron chi connectivity index (χ3n) is 3.23. The average molecular weight is 320 g/mol. The van der Waals surface area contributed by atoms with E-state index >= 15 is 0 Å². The second-order valence-electron chi connectivity index (χ2n) is 4.66. The molecule has 2 aromatic rings. The van der Waals surface area contributed by atoms with Crippen molar-refractivity contribution in [3.63, 3.8) is 0 Å². The van der Waals surface area contributed by atoms with Gasteiger partial charge in [0.15, 0.2) is 0 Å². The fourth-order valence-electron chi connectivity index (χ4n) is 2.07. The number of hydrogen-bond donors (Lipinski definition) is 2. The van der Waals surface area contributed by atoms with Gasteiger partial charge >= 0.3 is 0 Å². The summed E-state index contributed by atoms with van der Waals surface area (Å²) in [4.78, 5) is 0. The van der Waals surface area contributed by atoms with Gasteiger partial charge in [-0.2, -0.15) is 0 Å². The molecule has 0 aromatic heterocycles. The number of nitrogens with one attached hydrogen (secondary N) is 1. The van der Waals surface area contributed by atoms with E-state index in [0.29, 0.717) is 5.75 Å². The molecule has 0 aliphatic carbocycles. The van der Waals surface area contributed by atoms with E-state index in [1.54, 1.807) is 12.1 Å². The zero-order valence-electron chi connectivity index (χ0n) is 11.2. The van der Waals surface area contributed by atoms with Gasteiger partial charge in [-0.15, -0.1) is 0 Å². The number of hydrogen-bond acceptors (Lipinski definition) is 2. The van der Waals surface area contributed by atoms with Crippen molar-refractivity contribution in [1.29, 1.82) is 0 Å². The minimum absolute atomic E-state index is 0.244. The minimum Gasteiger partial charge on any atom is -0.508 e. The van der Waals surface area contributed by atoms with Crippen LogP contribution in [0.25, 0.3) is 0 Å². The monoisotopic (exact) mass is 319 g/mol. The maximum Gasteiger partial charge on any atom is 0.115 e. The lowest BCUT2D eigenvalue weighted by Crippen LogP contribution is -2.10. The molecule has 2 rings (SSSR count). The molecular weight excluding hydrogens is 302 g/mol. The topological polar surface area (TPSA) is 32.3 Å². The van der Waals surface area contributed by atoms with E-state index in [1.807, 2.05) is 18.2 Å². The highest BCUT2D eigenvalue weighted by Crippen LogP contribution is 2.27. The third-order valence-corrected chi connectivity index (χ3v) is 3.73. The molecule has 0 heterocycles. The number of aromatic hydroxyl groups is 1. The fraction of sp³-hybridized carbons (Fsp3) is 0.250. The Morgan fingerprint density at radius 1 is 1.16 bits per heavy atom. The molecule has 0 aliphatic heterocycles. The number of anilines is 1. The highest BCUT2D eigenvalue weighted by atomic mass is 79.9. The first-order valence-electron chi connectivity index (χ1n) is 6.41. The lowest BCUT2D eigenvalue weighted by atomic mass is 10.0. The number of phenols is 1. The first kappa shape index (κ1) is 13.9. The van der Waals surface area contributed by atoms with Crippen molar-refractivity contribution < 1.29 is 5.11 Å². The molecule has 0 bridgehead atoms. The zero-order valence-corrected chi connectivity index (χ0v) is 12.7. The highest BCUT2D eigenvalue weighted by molar-refractivity contribution is 9.10. The van der Waals surface area contributed by atoms with Crippen molar-refractivity contribution in [2.75, 3.05) is 5.32 Å². The summed E-state index contributed by atoms with van der Waals surface area (Å²) in [6.07, 6.45) is 0.983. The number of halogens is 1. The van der Waals surface area contributed by atoms with Gasteiger partial charge < -0.3 is 10.4 Å². The van der Waals surface area contributed by atoms with Crippen LogP contribution in [0, 0.1) is 6.92 Å². The maximum absolute atomic E-state index is 9.35. The standard InChI is InChI=1S/C16H18BrNO/c1-3-15(12-5-8-14(19)9-6-12)18-16-10-13(17)7-4-11(16)2/h4-10,15,18-19H,3H2,1-2H3. The fourth-order valence-corrected chi connectivity index (χ4v) is 2.43. The predicted molar refractivity (Wildman–Crippen MR) is 83.6 cm³/mol. The molecule has 0 saturated heterocycles. The quantitative estimate of drug-likeness (QED) is 0.828. The highest BCUT2D eigenvalue weighted by Gasteiger charge is 2.10. The Labute approximate surface area is 122 Å². The van der Waals surface area contributed by atoms with Gasteiger partial charge in [0.05, 0.1) is 6.04 Å². The van der Waals surface area contributed by atoms with E-state index in [-0.39, 0.29) is 6.04 Å². The Balaban J connectivity index is 2.23. The van der Waals surface area contributed by atoms with E-state index in [2.05, 4.69) is 47.2 Å². The molecule has 0 aliphatic rings. The van der Waals surface area contributed by atoms with Crippen LogP contribution in [0.4, 0.5) is 5.69 Å². The molecule has 0 spiro atoms. The van der Waals surface area contributed by atoms with Crippen molar-refractivity contribution in [2.24, 2.45) is 0 Å². The van der Waals surface area contributed by atoms with E-state index in [0.717, 1.165) is 16.6 Å². The van der Waals surface area contributed by atoms with Crippen molar-refractivity contribution >= 4 is 21.6 Å². The summed E-state index contributed by atoms with van der Waals surface area (Å²) < 4.78 is 1.07. The van der Waals surface area contributed by atoms with E-state index in [4.69, 9.17) is 0 Å². The van der Waals surface area contributed by atoms with Gasteiger partial charge in [0, 0.05) is 10.2 Å². The number of aryl methyl sites for hydroxylation is 1. The molecule has 1 unspecified atom stereocenters. The third kappa shape index (κ3) is 3.51. The van der Waals surface area contributed by atoms with Gasteiger partial charge in [-0.1, -0.05) is 41.1 Å². The first-order chi connectivity index (χ1) is 9.10. The summed E-state index contributed by atoms with van der Waals surface area (Å²) in [5, 5.41) is 12.9. The van der Waals surface area contributed by atoms with Crippen molar-refractivity contribution in [3.05, 3.63) is 58.1 Å². The summed E-state index contributed by atoms with van der Waals surface area (Å²) in [5.41, 5.74) is 3.54. The summed E-state index contributed by atoms with van der Waals surface area (Å²) >= 11 is 3.50. The Bertz CT molecular complexity index is 551. The van der Waals surface area contributed by atoms with Gasteiger partial charge in [0.2, 0.25) is 0 Å². The molecule has 19 heavy (non-hydrogen) atoms. The van der Waals surface area contributed by atoms with Crippen LogP contribution in [-0.4, -0.2) is 5.11 Å². The zero-order chi connectivity index (χ0) is 13.8. The van der Waals surface area contributed by atoms with Gasteiger partial charge in [-0.3, -0.25) is 0 Å². The Morgan fingerprint density at radius 2 is 1.84 bits per heavy atom. The van der Waals surface area contributed by atoms with Crippen LogP contribution in [0.1, 0.15) is 30.5 Å². The minimum atomic E-state index is 0.244. The van der Waals surface area contributed by atoms with Gasteiger partial charge in [-0.05, 0) is 48.7 Å². The van der Waals surface area contributed by atoms with Crippen LogP contribution in [0.2, 0.25) is 0 Å². The molecule has 3 heteroatoms.